The van der Waals surface area contributed by atoms with Crippen LogP contribution in [0, 0.1) is 0 Å². The Kier molecular flexibility index (Phi) is 5.80. The van der Waals surface area contributed by atoms with E-state index < -0.39 is 5.97 Å². The topological polar surface area (TPSA) is 75.0 Å². The summed E-state index contributed by atoms with van der Waals surface area (Å²) >= 11 is 0. The van der Waals surface area contributed by atoms with Crippen molar-refractivity contribution in [2.24, 2.45) is 0 Å². The van der Waals surface area contributed by atoms with Crippen molar-refractivity contribution in [3.63, 3.8) is 0 Å². The van der Waals surface area contributed by atoms with E-state index in [0.29, 0.717) is 22.8 Å². The van der Waals surface area contributed by atoms with Crippen LogP contribution in [0.15, 0.2) is 51.7 Å². The van der Waals surface area contributed by atoms with E-state index in [2.05, 4.69) is 0 Å². The number of esters is 1. The third kappa shape index (κ3) is 4.48. The minimum atomic E-state index is -0.538. The van der Waals surface area contributed by atoms with Gasteiger partial charge in [0, 0.05) is 23.1 Å². The number of aryl methyl sites for hydroxylation is 1. The van der Waals surface area contributed by atoms with E-state index in [4.69, 9.17) is 18.6 Å². The number of benzene rings is 2. The Labute approximate surface area is 180 Å². The summed E-state index contributed by atoms with van der Waals surface area (Å²) in [4.78, 5) is 24.4. The van der Waals surface area contributed by atoms with Gasteiger partial charge in [-0.1, -0.05) is 6.07 Å². The molecule has 2 aromatic carbocycles. The van der Waals surface area contributed by atoms with E-state index in [0.717, 1.165) is 41.3 Å². The molecule has 31 heavy (non-hydrogen) atoms. The maximum Gasteiger partial charge on any atom is 0.339 e. The molecule has 0 unspecified atom stereocenters. The first-order valence-corrected chi connectivity index (χ1v) is 10.3. The summed E-state index contributed by atoms with van der Waals surface area (Å²) in [5.74, 6) is 1.01. The molecule has 0 fully saturated rings. The Hall–Kier alpha value is -3.54. The number of hydrogen-bond acceptors (Lipinski definition) is 6. The summed E-state index contributed by atoms with van der Waals surface area (Å²) in [5, 5.41) is 0.901. The van der Waals surface area contributed by atoms with Crippen molar-refractivity contribution in [2.45, 2.75) is 39.2 Å². The van der Waals surface area contributed by atoms with Crippen molar-refractivity contribution >= 4 is 23.0 Å². The smallest absolute Gasteiger partial charge is 0.339 e. The monoisotopic (exact) mass is 420 g/mol. The fourth-order valence-electron chi connectivity index (χ4n) is 3.78. The summed E-state index contributed by atoms with van der Waals surface area (Å²) in [6.45, 7) is 3.88. The molecule has 0 bridgehead atoms. The van der Waals surface area contributed by atoms with E-state index >= 15 is 0 Å². The fourth-order valence-corrected chi connectivity index (χ4v) is 3.78. The van der Waals surface area contributed by atoms with Crippen LogP contribution in [0.2, 0.25) is 0 Å². The molecule has 0 saturated heterocycles. The van der Waals surface area contributed by atoms with Crippen molar-refractivity contribution in [1.29, 1.82) is 0 Å². The maximum absolute atomic E-state index is 12.3. The second-order valence-electron chi connectivity index (χ2n) is 7.69. The first kappa shape index (κ1) is 20.7. The van der Waals surface area contributed by atoms with Crippen LogP contribution in [0.25, 0.3) is 17.0 Å². The van der Waals surface area contributed by atoms with Crippen LogP contribution >= 0.6 is 0 Å². The van der Waals surface area contributed by atoms with Crippen LogP contribution in [-0.4, -0.2) is 19.2 Å². The molecule has 0 N–H and O–H groups in total. The highest BCUT2D eigenvalue weighted by molar-refractivity contribution is 5.90. The van der Waals surface area contributed by atoms with E-state index in [1.807, 2.05) is 26.0 Å². The average Bonchev–Trinajstić information content (AvgIpc) is 3.23. The lowest BCUT2D eigenvalue weighted by atomic mass is 10.1. The highest BCUT2D eigenvalue weighted by Gasteiger charge is 2.19. The lowest BCUT2D eigenvalue weighted by Gasteiger charge is -2.13. The molecule has 0 spiro atoms. The molecule has 1 aliphatic rings. The third-order valence-electron chi connectivity index (χ3n) is 5.13. The molecule has 0 radical (unpaired) electrons. The molecule has 1 heterocycles. The minimum Gasteiger partial charge on any atom is -0.493 e. The first-order chi connectivity index (χ1) is 14.9. The molecule has 0 saturated carbocycles. The molecule has 1 aromatic heterocycles. The van der Waals surface area contributed by atoms with Crippen LogP contribution < -0.4 is 19.8 Å². The summed E-state index contributed by atoms with van der Waals surface area (Å²) < 4.78 is 21.9. The molecule has 6 nitrogen and oxygen atoms in total. The number of carbonyl (C=O) groups is 1. The molecule has 1 aliphatic carbocycles. The van der Waals surface area contributed by atoms with Gasteiger partial charge in [0.25, 0.3) is 0 Å². The highest BCUT2D eigenvalue weighted by atomic mass is 16.5. The van der Waals surface area contributed by atoms with Gasteiger partial charge in [0.2, 0.25) is 0 Å². The zero-order chi connectivity index (χ0) is 22.0. The first-order valence-electron chi connectivity index (χ1n) is 10.3. The second kappa shape index (κ2) is 8.68. The Balaban J connectivity index is 1.50. The van der Waals surface area contributed by atoms with E-state index in [1.54, 1.807) is 37.5 Å². The van der Waals surface area contributed by atoms with Crippen molar-refractivity contribution in [3.05, 3.63) is 69.6 Å². The number of hydrogen-bond donors (Lipinski definition) is 0. The second-order valence-corrected chi connectivity index (χ2v) is 7.69. The van der Waals surface area contributed by atoms with E-state index in [9.17, 15) is 9.59 Å². The summed E-state index contributed by atoms with van der Waals surface area (Å²) in [6, 6.07) is 10.6. The van der Waals surface area contributed by atoms with Crippen molar-refractivity contribution < 1.29 is 23.4 Å². The van der Waals surface area contributed by atoms with E-state index in [-0.39, 0.29) is 11.7 Å². The van der Waals surface area contributed by atoms with Gasteiger partial charge in [0.1, 0.15) is 11.3 Å². The molecule has 4 rings (SSSR count). The van der Waals surface area contributed by atoms with Crippen molar-refractivity contribution in [2.75, 3.05) is 7.11 Å². The quantitative estimate of drug-likeness (QED) is 0.249. The van der Waals surface area contributed by atoms with Crippen LogP contribution in [-0.2, 0) is 17.6 Å². The van der Waals surface area contributed by atoms with Gasteiger partial charge in [-0.25, -0.2) is 9.59 Å². The zero-order valence-electron chi connectivity index (χ0n) is 17.8. The predicted octanol–water partition coefficient (Wildman–Crippen LogP) is 4.70. The molecule has 160 valence electrons. The molecular formula is C25H24O6. The Morgan fingerprint density at radius 1 is 1.06 bits per heavy atom. The molecular weight excluding hydrogens is 396 g/mol. The molecule has 0 amide bonds. The highest BCUT2D eigenvalue weighted by Crippen LogP contribution is 2.31. The van der Waals surface area contributed by atoms with E-state index in [1.165, 1.54) is 6.08 Å². The number of fused-ring (bicyclic) bond motifs is 3. The number of rotatable bonds is 6. The van der Waals surface area contributed by atoms with Crippen molar-refractivity contribution in [3.8, 4) is 17.2 Å². The number of methoxy groups -OCH3 is 1. The Bertz CT molecular complexity index is 1220. The Morgan fingerprint density at radius 3 is 2.65 bits per heavy atom. The summed E-state index contributed by atoms with van der Waals surface area (Å²) in [5.41, 5.74) is 2.71. The van der Waals surface area contributed by atoms with Gasteiger partial charge < -0.3 is 18.6 Å². The maximum atomic E-state index is 12.3. The lowest BCUT2D eigenvalue weighted by molar-refractivity contribution is -0.128. The SMILES string of the molecule is COc1cc(/C=C/C(=O)Oc2ccc3c4c(c(=O)oc3c2)CCC4)ccc1OC(C)C. The Morgan fingerprint density at radius 2 is 1.87 bits per heavy atom. The molecule has 6 heteroatoms. The largest absolute Gasteiger partial charge is 0.493 e. The van der Waals surface area contributed by atoms with Crippen LogP contribution in [0.3, 0.4) is 0 Å². The number of ether oxygens (including phenoxy) is 3. The minimum absolute atomic E-state index is 0.0257. The molecule has 0 aliphatic heterocycles. The van der Waals surface area contributed by atoms with Gasteiger partial charge in [-0.05, 0) is 74.6 Å². The van der Waals surface area contributed by atoms with Gasteiger partial charge in [0.05, 0.1) is 13.2 Å². The van der Waals surface area contributed by atoms with Crippen LogP contribution in [0.5, 0.6) is 17.2 Å². The lowest BCUT2D eigenvalue weighted by Crippen LogP contribution is -2.07. The van der Waals surface area contributed by atoms with Gasteiger partial charge >= 0.3 is 11.6 Å². The zero-order valence-corrected chi connectivity index (χ0v) is 17.8. The van der Waals surface area contributed by atoms with Crippen LogP contribution in [0.1, 0.15) is 37.0 Å². The van der Waals surface area contributed by atoms with Gasteiger partial charge in [-0.15, -0.1) is 0 Å². The van der Waals surface area contributed by atoms with Crippen molar-refractivity contribution in [1.82, 2.24) is 0 Å². The predicted molar refractivity (Wildman–Crippen MR) is 118 cm³/mol. The fraction of sp³-hybridized carbons (Fsp3) is 0.280. The average molecular weight is 420 g/mol. The molecule has 3 aromatic rings. The normalized spacial score (nSPS) is 13.0. The van der Waals surface area contributed by atoms with Gasteiger partial charge in [0.15, 0.2) is 11.5 Å². The van der Waals surface area contributed by atoms with Crippen LogP contribution in [0.4, 0.5) is 0 Å². The van der Waals surface area contributed by atoms with Gasteiger partial charge in [-0.2, -0.15) is 0 Å². The number of carbonyl (C=O) groups excluding carboxylic acids is 1. The summed E-state index contributed by atoms with van der Waals surface area (Å²) in [6.07, 6.45) is 5.57. The van der Waals surface area contributed by atoms with Gasteiger partial charge in [-0.3, -0.25) is 0 Å². The summed E-state index contributed by atoms with van der Waals surface area (Å²) in [7, 11) is 1.57. The third-order valence-corrected chi connectivity index (χ3v) is 5.13. The molecule has 0 atom stereocenters. The standard InChI is InChI=1S/C25H24O6/c1-15(2)29-21-11-7-16(13-23(21)28-3)8-12-24(26)30-17-9-10-19-18-5-4-6-20(18)25(27)31-22(19)14-17/h7-15H,4-6H2,1-3H3/b12-8+.